The molecule has 218 valence electrons. The topological polar surface area (TPSA) is 135 Å². The third kappa shape index (κ3) is 12.3. The van der Waals surface area contributed by atoms with Gasteiger partial charge >= 0.3 is 40.9 Å². The van der Waals surface area contributed by atoms with Crippen LogP contribution in [0, 0.1) is 0 Å². The van der Waals surface area contributed by atoms with Crippen molar-refractivity contribution < 1.29 is 30.4 Å². The molecule has 2 aromatic carbocycles. The Morgan fingerprint density at radius 2 is 1.49 bits per heavy atom. The van der Waals surface area contributed by atoms with E-state index in [9.17, 15) is 16.8 Å². The van der Waals surface area contributed by atoms with Crippen molar-refractivity contribution >= 4 is 78.2 Å². The van der Waals surface area contributed by atoms with Gasteiger partial charge in [0.1, 0.15) is 0 Å². The number of para-hydroxylation sites is 1. The predicted molar refractivity (Wildman–Crippen MR) is 169 cm³/mol. The van der Waals surface area contributed by atoms with Gasteiger partial charge in [0.2, 0.25) is 0 Å². The van der Waals surface area contributed by atoms with Gasteiger partial charge in [0.15, 0.2) is 0 Å². The van der Waals surface area contributed by atoms with Crippen molar-refractivity contribution in [2.75, 3.05) is 34.8 Å². The first-order valence-corrected chi connectivity index (χ1v) is 16.1. The van der Waals surface area contributed by atoms with Crippen molar-refractivity contribution in [2.24, 2.45) is 0 Å². The normalized spacial score (nSPS) is 12.6. The van der Waals surface area contributed by atoms with Crippen LogP contribution in [0.2, 0.25) is 0 Å². The molecule has 3 rings (SSSR count). The van der Waals surface area contributed by atoms with Gasteiger partial charge in [0.05, 0.1) is 28.4 Å². The van der Waals surface area contributed by atoms with E-state index >= 15 is 0 Å². The quantitative estimate of drug-likeness (QED) is 0.101. The summed E-state index contributed by atoms with van der Waals surface area (Å²) in [6, 6.07) is 17.4. The van der Waals surface area contributed by atoms with Crippen LogP contribution in [0.5, 0.6) is 0 Å². The summed E-state index contributed by atoms with van der Waals surface area (Å²) in [6.45, 7) is 6.66. The van der Waals surface area contributed by atoms with Gasteiger partial charge in [-0.1, -0.05) is 30.4 Å². The van der Waals surface area contributed by atoms with Gasteiger partial charge in [-0.05, 0) is 64.0 Å². The molecule has 0 saturated heterocycles. The summed E-state index contributed by atoms with van der Waals surface area (Å²) in [4.78, 5) is 1.82. The molecular weight excluding hydrogens is 575 g/mol. The van der Waals surface area contributed by atoms with Crippen molar-refractivity contribution in [1.82, 2.24) is 0 Å². The summed E-state index contributed by atoms with van der Waals surface area (Å²) < 4.78 is 69.5. The molecule has 0 aliphatic carbocycles. The average Bonchev–Trinajstić information content (AvgIpc) is 2.85. The minimum absolute atomic E-state index is 0. The second-order valence-electron chi connectivity index (χ2n) is 10.5. The molecule has 41 heavy (non-hydrogen) atoms. The Labute approximate surface area is 265 Å². The molecule has 1 aromatic heterocycles. The van der Waals surface area contributed by atoms with Crippen LogP contribution >= 0.6 is 0 Å². The zero-order valence-electron chi connectivity index (χ0n) is 22.9. The molecule has 9 nitrogen and oxygen atoms in total. The average molecular weight is 614 g/mol. The second kappa shape index (κ2) is 15.3. The Kier molecular flexibility index (Phi) is 13.0. The SMILES string of the molecule is CC(C)(C)c1cc(C=CC=CNc2ccccc2)c2ccc(N(CCCS(=O)(=O)O)CCCS(=O)(=O)O)cc2[o+]1.[NaH]. The molecule has 0 atom stereocenters. The van der Waals surface area contributed by atoms with E-state index in [1.54, 1.807) is 0 Å². The Morgan fingerprint density at radius 1 is 0.878 bits per heavy atom. The van der Waals surface area contributed by atoms with E-state index in [-0.39, 0.29) is 60.9 Å². The molecule has 0 aliphatic heterocycles. The molecule has 0 fully saturated rings. The van der Waals surface area contributed by atoms with Gasteiger partial charge in [0.25, 0.3) is 20.2 Å². The monoisotopic (exact) mass is 613 g/mol. The molecule has 0 bridgehead atoms. The molecule has 12 heteroatoms. The Morgan fingerprint density at radius 3 is 2.05 bits per heavy atom. The van der Waals surface area contributed by atoms with Gasteiger partial charge in [0, 0.05) is 42.3 Å². The number of allylic oxidation sites excluding steroid dienone is 2. The number of nitrogens with zero attached hydrogens (tertiary/aromatic N) is 1. The summed E-state index contributed by atoms with van der Waals surface area (Å²) in [5.41, 5.74) is 2.98. The first kappa shape index (κ1) is 34.9. The van der Waals surface area contributed by atoms with E-state index in [0.29, 0.717) is 11.3 Å². The molecule has 0 radical (unpaired) electrons. The minimum atomic E-state index is -4.14. The van der Waals surface area contributed by atoms with Crippen LogP contribution in [0.25, 0.3) is 17.0 Å². The molecule has 3 aromatic rings. The number of rotatable bonds is 13. The van der Waals surface area contributed by atoms with E-state index in [0.717, 1.165) is 22.4 Å². The second-order valence-corrected chi connectivity index (χ2v) is 13.6. The summed E-state index contributed by atoms with van der Waals surface area (Å²) >= 11 is 0. The van der Waals surface area contributed by atoms with E-state index in [1.165, 1.54) is 0 Å². The van der Waals surface area contributed by atoms with Crippen LogP contribution in [0.15, 0.2) is 77.4 Å². The van der Waals surface area contributed by atoms with Crippen LogP contribution in [-0.4, -0.2) is 80.1 Å². The molecule has 0 amide bonds. The van der Waals surface area contributed by atoms with Crippen LogP contribution in [0.4, 0.5) is 11.4 Å². The van der Waals surface area contributed by atoms with Gasteiger partial charge in [-0.3, -0.25) is 9.11 Å². The van der Waals surface area contributed by atoms with E-state index in [4.69, 9.17) is 13.5 Å². The number of fused-ring (bicyclic) bond motifs is 1. The molecule has 3 N–H and O–H groups in total. The molecule has 0 saturated carbocycles. The van der Waals surface area contributed by atoms with Crippen molar-refractivity contribution in [3.63, 3.8) is 0 Å². The molecular formula is C29H38N2NaO7S2+. The zero-order valence-corrected chi connectivity index (χ0v) is 24.6. The number of nitrogens with one attached hydrogen (secondary N) is 1. The summed E-state index contributed by atoms with van der Waals surface area (Å²) in [7, 11) is -8.27. The number of hydrogen-bond donors (Lipinski definition) is 3. The Bertz CT molecular complexity index is 1530. The third-order valence-electron chi connectivity index (χ3n) is 6.05. The van der Waals surface area contributed by atoms with Gasteiger partial charge in [-0.25, -0.2) is 4.42 Å². The zero-order chi connectivity index (χ0) is 29.4. The fourth-order valence-electron chi connectivity index (χ4n) is 4.04. The van der Waals surface area contributed by atoms with E-state index in [2.05, 4.69) is 26.1 Å². The van der Waals surface area contributed by atoms with E-state index in [1.807, 2.05) is 83.9 Å². The van der Waals surface area contributed by atoms with Crippen LogP contribution < -0.4 is 10.2 Å². The fourth-order valence-corrected chi connectivity index (χ4v) is 5.03. The molecule has 0 unspecified atom stereocenters. The molecule has 0 spiro atoms. The fraction of sp³-hybridized carbons (Fsp3) is 0.345. The third-order valence-corrected chi connectivity index (χ3v) is 7.66. The summed E-state index contributed by atoms with van der Waals surface area (Å²) in [6.07, 6.45) is 7.95. The first-order chi connectivity index (χ1) is 18.7. The molecule has 1 heterocycles. The maximum absolute atomic E-state index is 11.2. The van der Waals surface area contributed by atoms with Crippen molar-refractivity contribution in [2.45, 2.75) is 39.0 Å². The summed E-state index contributed by atoms with van der Waals surface area (Å²) in [5.74, 6) is -0.0714. The van der Waals surface area contributed by atoms with Crippen LogP contribution in [-0.2, 0) is 25.7 Å². The standard InChI is InChI=1S/C29H36N2O7S2.Na.H/c1-29(2,3)28-21-23(11-7-8-16-30-24-12-5-4-6-13-24)26-15-14-25(22-27(26)38-28)31(17-9-19-39(32,33)34)18-10-20-40(35,36)37;;/h4-8,11-16,21-22,30H,9-10,17-20H2,1-3H3,(H-,32,33,34,35,36,37);;/p+1. The number of anilines is 2. The van der Waals surface area contributed by atoms with Crippen LogP contribution in [0.1, 0.15) is 44.9 Å². The van der Waals surface area contributed by atoms with Crippen LogP contribution in [0.3, 0.4) is 0 Å². The van der Waals surface area contributed by atoms with Crippen molar-refractivity contribution in [3.8, 4) is 0 Å². The van der Waals surface area contributed by atoms with Gasteiger partial charge < -0.3 is 10.2 Å². The Hall–Kier alpha value is -2.25. The maximum atomic E-state index is 11.2. The number of benzene rings is 2. The van der Waals surface area contributed by atoms with E-state index < -0.39 is 31.7 Å². The predicted octanol–water partition coefficient (Wildman–Crippen LogP) is 5.36. The number of hydrogen-bond acceptors (Lipinski definition) is 6. The first-order valence-electron chi connectivity index (χ1n) is 12.9. The van der Waals surface area contributed by atoms with Gasteiger partial charge in [-0.2, -0.15) is 16.8 Å². The van der Waals surface area contributed by atoms with Crippen molar-refractivity contribution in [3.05, 3.63) is 84.3 Å². The summed E-state index contributed by atoms with van der Waals surface area (Å²) in [5, 5.41) is 4.08. The van der Waals surface area contributed by atoms with Gasteiger partial charge in [-0.15, -0.1) is 0 Å². The van der Waals surface area contributed by atoms with Crippen molar-refractivity contribution in [1.29, 1.82) is 0 Å². The molecule has 0 aliphatic rings. The Balaban J connectivity index is 0.00000588.